The molecule has 0 amide bonds. The van der Waals surface area contributed by atoms with E-state index in [1.807, 2.05) is 31.1 Å². The molecule has 0 aliphatic rings. The minimum Gasteiger partial charge on any atom is -0.353 e. The van der Waals surface area contributed by atoms with Crippen LogP contribution >= 0.6 is 11.5 Å². The maximum absolute atomic E-state index is 9.11. The predicted molar refractivity (Wildman–Crippen MR) is 69.7 cm³/mol. The van der Waals surface area contributed by atoms with Crippen LogP contribution in [0.25, 0.3) is 0 Å². The van der Waals surface area contributed by atoms with Crippen LogP contribution < -0.4 is 4.90 Å². The Morgan fingerprint density at radius 1 is 1.26 bits per heavy atom. The van der Waals surface area contributed by atoms with Crippen molar-refractivity contribution in [2.45, 2.75) is 13.5 Å². The normalized spacial score (nSPS) is 9.95. The van der Waals surface area contributed by atoms with E-state index in [0.29, 0.717) is 18.2 Å². The average Bonchev–Trinajstić information content (AvgIpc) is 2.95. The zero-order valence-electron chi connectivity index (χ0n) is 10.7. The summed E-state index contributed by atoms with van der Waals surface area (Å²) in [6, 6.07) is 3.92. The molecule has 0 saturated heterocycles. The molecule has 0 unspecified atom stereocenters. The van der Waals surface area contributed by atoms with Gasteiger partial charge in [0, 0.05) is 25.6 Å². The molecule has 19 heavy (non-hydrogen) atoms. The van der Waals surface area contributed by atoms with Gasteiger partial charge in [-0.1, -0.05) is 0 Å². The molecule has 0 spiro atoms. The fourth-order valence-electron chi connectivity index (χ4n) is 1.58. The summed E-state index contributed by atoms with van der Waals surface area (Å²) < 4.78 is 5.89. The first-order valence-corrected chi connectivity index (χ1v) is 6.21. The number of aryl methyl sites for hydroxylation is 1. The minimum atomic E-state index is 0.142. The first-order valence-electron chi connectivity index (χ1n) is 5.44. The molecular formula is C11H11N7S. The first kappa shape index (κ1) is 13.0. The number of hydrogen-bond donors (Lipinski definition) is 0. The molecule has 2 rings (SSSR count). The molecular weight excluding hydrogens is 262 g/mol. The maximum atomic E-state index is 9.11. The summed E-state index contributed by atoms with van der Waals surface area (Å²) in [5, 5.41) is 18.8. The molecule has 0 saturated carbocycles. The molecule has 0 atom stereocenters. The SMILES string of the molecule is Cc1nc(C#N)c(C#N)n1Cc1nsc(N(C)C)n1. The van der Waals surface area contributed by atoms with E-state index in [0.717, 1.165) is 5.13 Å². The molecule has 2 heterocycles. The molecule has 0 aliphatic heterocycles. The van der Waals surface area contributed by atoms with E-state index in [4.69, 9.17) is 10.5 Å². The standard InChI is InChI=1S/C11H11N7S/c1-7-14-8(4-12)9(5-13)18(7)6-10-15-11(17(2)3)19-16-10/h6H2,1-3H3. The van der Waals surface area contributed by atoms with Crippen molar-refractivity contribution in [3.8, 4) is 12.1 Å². The van der Waals surface area contributed by atoms with Crippen molar-refractivity contribution in [2.75, 3.05) is 19.0 Å². The molecule has 0 radical (unpaired) electrons. The summed E-state index contributed by atoms with van der Waals surface area (Å²) >= 11 is 1.29. The summed E-state index contributed by atoms with van der Waals surface area (Å²) in [5.41, 5.74) is 0.393. The Morgan fingerprint density at radius 2 is 2.00 bits per heavy atom. The highest BCUT2D eigenvalue weighted by atomic mass is 32.1. The number of rotatable bonds is 3. The van der Waals surface area contributed by atoms with Crippen LogP contribution in [-0.4, -0.2) is 33.0 Å². The number of anilines is 1. The van der Waals surface area contributed by atoms with Crippen molar-refractivity contribution in [1.29, 1.82) is 10.5 Å². The van der Waals surface area contributed by atoms with Gasteiger partial charge in [0.2, 0.25) is 5.13 Å². The topological polar surface area (TPSA) is 94.4 Å². The van der Waals surface area contributed by atoms with E-state index in [-0.39, 0.29) is 11.4 Å². The molecule has 2 aromatic rings. The van der Waals surface area contributed by atoms with Crippen LogP contribution in [0.5, 0.6) is 0 Å². The summed E-state index contributed by atoms with van der Waals surface area (Å²) in [6.45, 7) is 2.09. The lowest BCUT2D eigenvalue weighted by atomic mass is 10.3. The molecule has 7 nitrogen and oxygen atoms in total. The van der Waals surface area contributed by atoms with Gasteiger partial charge in [0.05, 0.1) is 6.54 Å². The van der Waals surface area contributed by atoms with Gasteiger partial charge in [-0.05, 0) is 6.92 Å². The van der Waals surface area contributed by atoms with Gasteiger partial charge < -0.3 is 9.47 Å². The van der Waals surface area contributed by atoms with Gasteiger partial charge in [0.15, 0.2) is 17.2 Å². The lowest BCUT2D eigenvalue weighted by molar-refractivity contribution is 0.720. The van der Waals surface area contributed by atoms with Crippen molar-refractivity contribution in [3.05, 3.63) is 23.0 Å². The number of nitriles is 2. The highest BCUT2D eigenvalue weighted by molar-refractivity contribution is 7.09. The van der Waals surface area contributed by atoms with Crippen molar-refractivity contribution in [2.24, 2.45) is 0 Å². The molecule has 0 N–H and O–H groups in total. The predicted octanol–water partition coefficient (Wildman–Crippen LogP) is 0.901. The smallest absolute Gasteiger partial charge is 0.204 e. The second kappa shape index (κ2) is 5.04. The molecule has 96 valence electrons. The quantitative estimate of drug-likeness (QED) is 0.824. The largest absolute Gasteiger partial charge is 0.353 e. The third-order valence-corrected chi connectivity index (χ3v) is 3.43. The number of nitrogens with zero attached hydrogens (tertiary/aromatic N) is 7. The van der Waals surface area contributed by atoms with Crippen LogP contribution in [0.15, 0.2) is 0 Å². The van der Waals surface area contributed by atoms with Crippen LogP contribution in [-0.2, 0) is 6.54 Å². The summed E-state index contributed by atoms with van der Waals surface area (Å²) in [7, 11) is 3.78. The fourth-order valence-corrected chi connectivity index (χ4v) is 2.18. The number of aromatic nitrogens is 4. The molecule has 0 bridgehead atoms. The van der Waals surface area contributed by atoms with Crippen molar-refractivity contribution < 1.29 is 0 Å². The highest BCUT2D eigenvalue weighted by Gasteiger charge is 2.16. The summed E-state index contributed by atoms with van der Waals surface area (Å²) in [6.07, 6.45) is 0. The van der Waals surface area contributed by atoms with E-state index >= 15 is 0 Å². The molecule has 0 aromatic carbocycles. The van der Waals surface area contributed by atoms with Gasteiger partial charge in [-0.2, -0.15) is 14.9 Å². The molecule has 0 aliphatic carbocycles. The Labute approximate surface area is 114 Å². The summed E-state index contributed by atoms with van der Waals surface area (Å²) in [4.78, 5) is 10.3. The molecule has 2 aromatic heterocycles. The maximum Gasteiger partial charge on any atom is 0.204 e. The van der Waals surface area contributed by atoms with Crippen molar-refractivity contribution >= 4 is 16.7 Å². The van der Waals surface area contributed by atoms with E-state index < -0.39 is 0 Å². The number of imidazole rings is 1. The van der Waals surface area contributed by atoms with Crippen molar-refractivity contribution in [1.82, 2.24) is 18.9 Å². The second-order valence-electron chi connectivity index (χ2n) is 4.05. The number of hydrogen-bond acceptors (Lipinski definition) is 7. The van der Waals surface area contributed by atoms with E-state index in [1.54, 1.807) is 11.5 Å². The van der Waals surface area contributed by atoms with Gasteiger partial charge in [-0.25, -0.2) is 9.97 Å². The Balaban J connectivity index is 2.36. The Morgan fingerprint density at radius 3 is 2.53 bits per heavy atom. The first-order chi connectivity index (χ1) is 9.06. The van der Waals surface area contributed by atoms with Crippen LogP contribution in [0, 0.1) is 29.6 Å². The Bertz CT molecular complexity index is 683. The average molecular weight is 273 g/mol. The zero-order chi connectivity index (χ0) is 14.0. The fraction of sp³-hybridized carbons (Fsp3) is 0.364. The second-order valence-corrected chi connectivity index (χ2v) is 4.78. The lowest BCUT2D eigenvalue weighted by Crippen LogP contribution is -2.09. The van der Waals surface area contributed by atoms with Gasteiger partial charge in [-0.15, -0.1) is 0 Å². The van der Waals surface area contributed by atoms with Crippen LogP contribution in [0.3, 0.4) is 0 Å². The van der Waals surface area contributed by atoms with Gasteiger partial charge in [0.1, 0.15) is 18.0 Å². The van der Waals surface area contributed by atoms with E-state index in [1.165, 1.54) is 11.5 Å². The third kappa shape index (κ3) is 2.39. The van der Waals surface area contributed by atoms with E-state index in [2.05, 4.69) is 14.3 Å². The zero-order valence-corrected chi connectivity index (χ0v) is 11.6. The monoisotopic (exact) mass is 273 g/mol. The minimum absolute atomic E-state index is 0.142. The van der Waals surface area contributed by atoms with Crippen LogP contribution in [0.4, 0.5) is 5.13 Å². The van der Waals surface area contributed by atoms with E-state index in [9.17, 15) is 0 Å². The Kier molecular flexibility index (Phi) is 3.45. The van der Waals surface area contributed by atoms with Gasteiger partial charge >= 0.3 is 0 Å². The van der Waals surface area contributed by atoms with Crippen molar-refractivity contribution in [3.63, 3.8) is 0 Å². The lowest BCUT2D eigenvalue weighted by Gasteiger charge is -2.05. The van der Waals surface area contributed by atoms with Gasteiger partial charge in [0.25, 0.3) is 0 Å². The van der Waals surface area contributed by atoms with Crippen LogP contribution in [0.1, 0.15) is 23.0 Å². The summed E-state index contributed by atoms with van der Waals surface area (Å²) in [5.74, 6) is 1.21. The van der Waals surface area contributed by atoms with Gasteiger partial charge in [-0.3, -0.25) is 0 Å². The highest BCUT2D eigenvalue weighted by Crippen LogP contribution is 2.17. The molecule has 8 heteroatoms. The van der Waals surface area contributed by atoms with Crippen LogP contribution in [0.2, 0.25) is 0 Å². The third-order valence-electron chi connectivity index (χ3n) is 2.51. The Hall–Kier alpha value is -2.45. The molecule has 0 fully saturated rings.